The van der Waals surface area contributed by atoms with Gasteiger partial charge in [0.15, 0.2) is 0 Å². The number of benzene rings is 1. The van der Waals surface area contributed by atoms with E-state index in [0.29, 0.717) is 22.2 Å². The quantitative estimate of drug-likeness (QED) is 0.693. The minimum Gasteiger partial charge on any atom is -0.386 e. The second-order valence-corrected chi connectivity index (χ2v) is 5.75. The minimum atomic E-state index is -4.85. The van der Waals surface area contributed by atoms with Crippen molar-refractivity contribution in [2.45, 2.75) is 26.3 Å². The van der Waals surface area contributed by atoms with Gasteiger partial charge in [-0.15, -0.1) is 19.1 Å². The molecule has 3 rings (SSSR count). The summed E-state index contributed by atoms with van der Waals surface area (Å²) in [6, 6.07) is 2.69. The number of nitrogens with two attached hydrogens (primary N) is 1. The molecule has 0 radical (unpaired) electrons. The zero-order valence-corrected chi connectivity index (χ0v) is 14.8. The molecule has 1 aromatic carbocycles. The fourth-order valence-electron chi connectivity index (χ4n) is 2.74. The Hall–Kier alpha value is -3.61. The van der Waals surface area contributed by atoms with E-state index >= 15 is 0 Å². The predicted octanol–water partition coefficient (Wildman–Crippen LogP) is 2.80. The van der Waals surface area contributed by atoms with Gasteiger partial charge in [-0.1, -0.05) is 5.92 Å². The second-order valence-electron chi connectivity index (χ2n) is 5.75. The highest BCUT2D eigenvalue weighted by Gasteiger charge is 2.32. The van der Waals surface area contributed by atoms with E-state index < -0.39 is 24.2 Å². The van der Waals surface area contributed by atoms with E-state index in [1.54, 1.807) is 32.2 Å². The summed E-state index contributed by atoms with van der Waals surface area (Å²) in [6.07, 6.45) is -1.29. The first-order valence-electron chi connectivity index (χ1n) is 8.01. The summed E-state index contributed by atoms with van der Waals surface area (Å²) in [5, 5.41) is 4.93. The SMILES string of the molecule is CC#Cc1ccc(C(N)=O)c2c1cnn2C(C)c1cnc(OC(F)(F)F)cn1. The smallest absolute Gasteiger partial charge is 0.386 e. The number of primary amides is 1. The molecule has 0 fully saturated rings. The van der Waals surface area contributed by atoms with Crippen LogP contribution in [0.25, 0.3) is 10.9 Å². The topological polar surface area (TPSA) is 95.9 Å². The number of fused-ring (bicyclic) bond motifs is 1. The first kappa shape index (κ1) is 19.2. The number of carbonyl (C=O) groups is 1. The number of ether oxygens (including phenoxy) is 1. The molecule has 2 N–H and O–H groups in total. The van der Waals surface area contributed by atoms with Gasteiger partial charge in [-0.2, -0.15) is 5.10 Å². The standard InChI is InChI=1S/C18H14F3N5O2/c1-3-4-11-5-6-12(17(22)27)16-13(11)7-25-26(16)10(2)14-8-24-15(9-23-14)28-18(19,20)21/h5-10H,1-2H3,(H2,22,27). The monoisotopic (exact) mass is 389 g/mol. The second kappa shape index (κ2) is 7.19. The van der Waals surface area contributed by atoms with Crippen molar-refractivity contribution in [2.75, 3.05) is 0 Å². The molecular formula is C18H14F3N5O2. The number of amides is 1. The predicted molar refractivity (Wildman–Crippen MR) is 93.3 cm³/mol. The van der Waals surface area contributed by atoms with Crippen molar-refractivity contribution < 1.29 is 22.7 Å². The van der Waals surface area contributed by atoms with E-state index in [2.05, 4.69) is 31.6 Å². The van der Waals surface area contributed by atoms with Crippen LogP contribution in [0.4, 0.5) is 13.2 Å². The van der Waals surface area contributed by atoms with Crippen LogP contribution in [0, 0.1) is 11.8 Å². The number of carbonyl (C=O) groups excluding carboxylic acids is 1. The maximum absolute atomic E-state index is 12.3. The average Bonchev–Trinajstić information content (AvgIpc) is 3.06. The van der Waals surface area contributed by atoms with Gasteiger partial charge in [-0.3, -0.25) is 14.5 Å². The Kier molecular flexibility index (Phi) is 4.92. The molecule has 0 aliphatic carbocycles. The van der Waals surface area contributed by atoms with Crippen LogP contribution in [0.5, 0.6) is 5.88 Å². The van der Waals surface area contributed by atoms with Gasteiger partial charge >= 0.3 is 6.36 Å². The van der Waals surface area contributed by atoms with Gasteiger partial charge < -0.3 is 10.5 Å². The van der Waals surface area contributed by atoms with Crippen LogP contribution in [0.15, 0.2) is 30.7 Å². The van der Waals surface area contributed by atoms with Crippen LogP contribution >= 0.6 is 0 Å². The summed E-state index contributed by atoms with van der Waals surface area (Å²) in [4.78, 5) is 19.5. The Bertz CT molecular complexity index is 1090. The number of aromatic nitrogens is 4. The van der Waals surface area contributed by atoms with Crippen LogP contribution in [-0.4, -0.2) is 32.0 Å². The van der Waals surface area contributed by atoms with Crippen molar-refractivity contribution in [1.82, 2.24) is 19.7 Å². The average molecular weight is 389 g/mol. The number of halogens is 3. The van der Waals surface area contributed by atoms with Crippen LogP contribution in [0.2, 0.25) is 0 Å². The fraction of sp³-hybridized carbons (Fsp3) is 0.222. The maximum atomic E-state index is 12.3. The van der Waals surface area contributed by atoms with Crippen molar-refractivity contribution in [1.29, 1.82) is 0 Å². The summed E-state index contributed by atoms with van der Waals surface area (Å²) in [5.41, 5.74) is 7.17. The van der Waals surface area contributed by atoms with Gasteiger partial charge in [0.05, 0.1) is 41.4 Å². The van der Waals surface area contributed by atoms with Gasteiger partial charge in [-0.25, -0.2) is 4.98 Å². The van der Waals surface area contributed by atoms with E-state index in [9.17, 15) is 18.0 Å². The third kappa shape index (κ3) is 3.73. The molecule has 0 aliphatic rings. The normalized spacial score (nSPS) is 12.3. The zero-order valence-electron chi connectivity index (χ0n) is 14.8. The molecule has 0 aliphatic heterocycles. The molecule has 2 heterocycles. The van der Waals surface area contributed by atoms with E-state index in [1.807, 2.05) is 0 Å². The summed E-state index contributed by atoms with van der Waals surface area (Å²) in [5.74, 6) is 4.40. The van der Waals surface area contributed by atoms with Gasteiger partial charge in [-0.05, 0) is 26.0 Å². The molecular weight excluding hydrogens is 375 g/mol. The molecule has 144 valence electrons. The molecule has 2 aromatic heterocycles. The zero-order chi connectivity index (χ0) is 20.5. The Morgan fingerprint density at radius 1 is 1.25 bits per heavy atom. The van der Waals surface area contributed by atoms with Crippen LogP contribution in [-0.2, 0) is 0 Å². The number of hydrogen-bond donors (Lipinski definition) is 1. The lowest BCUT2D eigenvalue weighted by molar-refractivity contribution is -0.276. The van der Waals surface area contributed by atoms with Crippen LogP contribution < -0.4 is 10.5 Å². The highest BCUT2D eigenvalue weighted by molar-refractivity contribution is 6.06. The van der Waals surface area contributed by atoms with Gasteiger partial charge in [0.1, 0.15) is 0 Å². The Morgan fingerprint density at radius 3 is 2.57 bits per heavy atom. The Labute approximate surface area is 157 Å². The molecule has 1 unspecified atom stereocenters. The molecule has 0 saturated heterocycles. The summed E-state index contributed by atoms with van der Waals surface area (Å²) < 4.78 is 42.0. The molecule has 7 nitrogen and oxygen atoms in total. The fourth-order valence-corrected chi connectivity index (χ4v) is 2.74. The molecule has 28 heavy (non-hydrogen) atoms. The molecule has 1 atom stereocenters. The van der Waals surface area contributed by atoms with Crippen molar-refractivity contribution in [3.8, 4) is 17.7 Å². The number of hydrogen-bond acceptors (Lipinski definition) is 5. The Balaban J connectivity index is 2.06. The maximum Gasteiger partial charge on any atom is 0.574 e. The van der Waals surface area contributed by atoms with Crippen molar-refractivity contribution in [2.24, 2.45) is 5.73 Å². The van der Waals surface area contributed by atoms with Gasteiger partial charge in [0.25, 0.3) is 5.91 Å². The lowest BCUT2D eigenvalue weighted by Crippen LogP contribution is -2.19. The van der Waals surface area contributed by atoms with Crippen molar-refractivity contribution in [3.63, 3.8) is 0 Å². The third-order valence-corrected chi connectivity index (χ3v) is 3.95. The summed E-state index contributed by atoms with van der Waals surface area (Å²) >= 11 is 0. The highest BCUT2D eigenvalue weighted by atomic mass is 19.4. The van der Waals surface area contributed by atoms with Gasteiger partial charge in [0.2, 0.25) is 5.88 Å². The molecule has 0 spiro atoms. The van der Waals surface area contributed by atoms with Crippen molar-refractivity contribution >= 4 is 16.8 Å². The highest BCUT2D eigenvalue weighted by Crippen LogP contribution is 2.28. The molecule has 3 aromatic rings. The first-order valence-corrected chi connectivity index (χ1v) is 8.01. The summed E-state index contributed by atoms with van der Waals surface area (Å²) in [6.45, 7) is 3.39. The molecule has 1 amide bonds. The number of rotatable bonds is 4. The number of nitrogens with zero attached hydrogens (tertiary/aromatic N) is 4. The van der Waals surface area contributed by atoms with E-state index in [1.165, 1.54) is 4.68 Å². The van der Waals surface area contributed by atoms with Gasteiger partial charge in [0, 0.05) is 10.9 Å². The Morgan fingerprint density at radius 2 is 2.00 bits per heavy atom. The largest absolute Gasteiger partial charge is 0.574 e. The van der Waals surface area contributed by atoms with Crippen LogP contribution in [0.3, 0.4) is 0 Å². The first-order chi connectivity index (χ1) is 13.2. The van der Waals surface area contributed by atoms with E-state index in [4.69, 9.17) is 5.73 Å². The van der Waals surface area contributed by atoms with Crippen LogP contribution in [0.1, 0.15) is 41.5 Å². The third-order valence-electron chi connectivity index (χ3n) is 3.95. The lowest BCUT2D eigenvalue weighted by atomic mass is 10.0. The molecule has 0 saturated carbocycles. The minimum absolute atomic E-state index is 0.242. The van der Waals surface area contributed by atoms with E-state index in [-0.39, 0.29) is 5.56 Å². The lowest BCUT2D eigenvalue weighted by Gasteiger charge is -2.15. The summed E-state index contributed by atoms with van der Waals surface area (Å²) in [7, 11) is 0. The molecule has 10 heteroatoms. The van der Waals surface area contributed by atoms with Crippen molar-refractivity contribution in [3.05, 3.63) is 47.5 Å². The van der Waals surface area contributed by atoms with E-state index in [0.717, 1.165) is 12.4 Å². The number of alkyl halides is 3. The molecule has 0 bridgehead atoms.